The van der Waals surface area contributed by atoms with Crippen LogP contribution in [-0.4, -0.2) is 22.6 Å². The minimum absolute atomic E-state index is 0.180. The van der Waals surface area contributed by atoms with Crippen molar-refractivity contribution in [1.29, 1.82) is 0 Å². The minimum Gasteiger partial charge on any atom is -0.477 e. The zero-order chi connectivity index (χ0) is 11.5. The molecule has 0 aliphatic rings. The molecule has 2 aromatic rings. The molecule has 0 bridgehead atoms. The summed E-state index contributed by atoms with van der Waals surface area (Å²) in [6, 6.07) is 7.07. The van der Waals surface area contributed by atoms with Gasteiger partial charge in [-0.05, 0) is 18.2 Å². The first-order valence-corrected chi connectivity index (χ1v) is 4.75. The number of aromatic carboxylic acids is 1. The van der Waals surface area contributed by atoms with Crippen molar-refractivity contribution >= 4 is 16.9 Å². The fourth-order valence-electron chi connectivity index (χ4n) is 1.47. The van der Waals surface area contributed by atoms with Gasteiger partial charge in [0.2, 0.25) is 0 Å². The zero-order valence-corrected chi connectivity index (χ0v) is 8.45. The molecule has 4 N–H and O–H groups in total. The van der Waals surface area contributed by atoms with Crippen LogP contribution in [0, 0.1) is 11.8 Å². The van der Waals surface area contributed by atoms with Crippen LogP contribution < -0.4 is 5.73 Å². The predicted molar refractivity (Wildman–Crippen MR) is 61.2 cm³/mol. The number of fused-ring (bicyclic) bond motifs is 1. The molecule has 0 amide bonds. The number of benzene rings is 1. The van der Waals surface area contributed by atoms with Gasteiger partial charge in [-0.15, -0.1) is 0 Å². The quantitative estimate of drug-likeness (QED) is 0.623. The van der Waals surface area contributed by atoms with Gasteiger partial charge in [0.25, 0.3) is 0 Å². The molecule has 80 valence electrons. The van der Waals surface area contributed by atoms with Gasteiger partial charge in [0.15, 0.2) is 0 Å². The van der Waals surface area contributed by atoms with Crippen LogP contribution in [0.3, 0.4) is 0 Å². The van der Waals surface area contributed by atoms with Crippen LogP contribution >= 0.6 is 0 Å². The van der Waals surface area contributed by atoms with E-state index < -0.39 is 5.97 Å². The van der Waals surface area contributed by atoms with Gasteiger partial charge in [-0.25, -0.2) is 4.79 Å². The lowest BCUT2D eigenvalue weighted by atomic mass is 10.1. The van der Waals surface area contributed by atoms with Crippen molar-refractivity contribution in [2.24, 2.45) is 5.73 Å². The van der Waals surface area contributed by atoms with Gasteiger partial charge in [0.05, 0.1) is 6.54 Å². The van der Waals surface area contributed by atoms with Crippen molar-refractivity contribution in [3.8, 4) is 11.8 Å². The SMILES string of the molecule is NCC#Cc1ccc2cc(C(=O)O)[nH]c2c1. The summed E-state index contributed by atoms with van der Waals surface area (Å²) in [6.07, 6.45) is 0. The largest absolute Gasteiger partial charge is 0.477 e. The Morgan fingerprint density at radius 3 is 2.94 bits per heavy atom. The van der Waals surface area contributed by atoms with Crippen LogP contribution in [0.25, 0.3) is 10.9 Å². The molecule has 0 fully saturated rings. The average molecular weight is 214 g/mol. The molecule has 0 radical (unpaired) electrons. The monoisotopic (exact) mass is 214 g/mol. The topological polar surface area (TPSA) is 79.1 Å². The van der Waals surface area contributed by atoms with Gasteiger partial charge >= 0.3 is 5.97 Å². The van der Waals surface area contributed by atoms with Gasteiger partial charge in [-0.2, -0.15) is 0 Å². The number of carboxylic acids is 1. The minimum atomic E-state index is -0.967. The van der Waals surface area contributed by atoms with Gasteiger partial charge in [0, 0.05) is 16.5 Å². The Balaban J connectivity index is 2.49. The predicted octanol–water partition coefficient (Wildman–Crippen LogP) is 1.18. The maximum atomic E-state index is 10.8. The van der Waals surface area contributed by atoms with Crippen molar-refractivity contribution in [1.82, 2.24) is 4.98 Å². The molecule has 0 unspecified atom stereocenters. The van der Waals surface area contributed by atoms with Crippen molar-refractivity contribution in [3.63, 3.8) is 0 Å². The molecule has 0 spiro atoms. The second-order valence-electron chi connectivity index (χ2n) is 3.30. The van der Waals surface area contributed by atoms with E-state index in [1.807, 2.05) is 18.2 Å². The molecule has 0 aliphatic carbocycles. The first-order valence-electron chi connectivity index (χ1n) is 4.75. The molecular weight excluding hydrogens is 204 g/mol. The van der Waals surface area contributed by atoms with Crippen molar-refractivity contribution in [3.05, 3.63) is 35.5 Å². The Bertz CT molecular complexity index is 602. The Morgan fingerprint density at radius 1 is 1.44 bits per heavy atom. The molecule has 4 heteroatoms. The number of nitrogens with one attached hydrogen (secondary N) is 1. The van der Waals surface area contributed by atoms with Crippen LogP contribution in [-0.2, 0) is 0 Å². The van der Waals surface area contributed by atoms with E-state index in [0.717, 1.165) is 16.5 Å². The number of aromatic nitrogens is 1. The number of carbonyl (C=O) groups is 1. The molecule has 1 heterocycles. The van der Waals surface area contributed by atoms with E-state index in [1.54, 1.807) is 6.07 Å². The molecular formula is C12H10N2O2. The maximum Gasteiger partial charge on any atom is 0.352 e. The lowest BCUT2D eigenvalue weighted by molar-refractivity contribution is 0.0691. The Hall–Kier alpha value is -2.25. The summed E-state index contributed by atoms with van der Waals surface area (Å²) in [6.45, 7) is 0.309. The third-order valence-corrected chi connectivity index (χ3v) is 2.19. The fourth-order valence-corrected chi connectivity index (χ4v) is 1.47. The van der Waals surface area contributed by atoms with Gasteiger partial charge in [0.1, 0.15) is 5.69 Å². The Labute approximate surface area is 92.1 Å². The number of nitrogens with two attached hydrogens (primary N) is 1. The van der Waals surface area contributed by atoms with E-state index in [1.165, 1.54) is 0 Å². The first kappa shape index (κ1) is 10.3. The van der Waals surface area contributed by atoms with Crippen LogP contribution in [0.2, 0.25) is 0 Å². The van der Waals surface area contributed by atoms with E-state index >= 15 is 0 Å². The summed E-state index contributed by atoms with van der Waals surface area (Å²) < 4.78 is 0. The summed E-state index contributed by atoms with van der Waals surface area (Å²) in [5, 5.41) is 9.68. The van der Waals surface area contributed by atoms with E-state index in [-0.39, 0.29) is 5.69 Å². The van der Waals surface area contributed by atoms with Gasteiger partial charge in [-0.3, -0.25) is 0 Å². The van der Waals surface area contributed by atoms with E-state index in [4.69, 9.17) is 10.8 Å². The Morgan fingerprint density at radius 2 is 2.25 bits per heavy atom. The smallest absolute Gasteiger partial charge is 0.352 e. The van der Waals surface area contributed by atoms with Crippen LogP contribution in [0.5, 0.6) is 0 Å². The third kappa shape index (κ3) is 1.90. The van der Waals surface area contributed by atoms with Crippen LogP contribution in [0.4, 0.5) is 0 Å². The standard InChI is InChI=1S/C12H10N2O2/c13-5-1-2-8-3-4-9-7-11(12(15)16)14-10(9)6-8/h3-4,6-7,14H,5,13H2,(H,15,16). The fraction of sp³-hybridized carbons (Fsp3) is 0.0833. The lowest BCUT2D eigenvalue weighted by Gasteiger charge is -1.91. The summed E-state index contributed by atoms with van der Waals surface area (Å²) in [7, 11) is 0. The van der Waals surface area contributed by atoms with Gasteiger partial charge < -0.3 is 15.8 Å². The maximum absolute atomic E-state index is 10.8. The van der Waals surface area contributed by atoms with E-state index in [0.29, 0.717) is 6.54 Å². The summed E-state index contributed by atoms with van der Waals surface area (Å²) in [5.41, 5.74) is 7.03. The highest BCUT2D eigenvalue weighted by Crippen LogP contribution is 2.16. The average Bonchev–Trinajstić information content (AvgIpc) is 2.69. The Kier molecular flexibility index (Phi) is 2.63. The molecule has 0 saturated heterocycles. The van der Waals surface area contributed by atoms with Gasteiger partial charge in [-0.1, -0.05) is 17.9 Å². The number of rotatable bonds is 1. The first-order chi connectivity index (χ1) is 7.70. The summed E-state index contributed by atoms with van der Waals surface area (Å²) >= 11 is 0. The normalized spacial score (nSPS) is 9.81. The molecule has 0 saturated carbocycles. The number of H-pyrrole nitrogens is 1. The molecule has 4 nitrogen and oxygen atoms in total. The summed E-state index contributed by atoms with van der Waals surface area (Å²) in [5.74, 6) is 4.67. The number of carboxylic acid groups (broad SMARTS) is 1. The molecule has 0 aliphatic heterocycles. The lowest BCUT2D eigenvalue weighted by Crippen LogP contribution is -1.94. The second-order valence-corrected chi connectivity index (χ2v) is 3.30. The van der Waals surface area contributed by atoms with E-state index in [9.17, 15) is 4.79 Å². The molecule has 1 aromatic heterocycles. The van der Waals surface area contributed by atoms with Crippen molar-refractivity contribution < 1.29 is 9.90 Å². The number of aromatic amines is 1. The molecule has 1 aromatic carbocycles. The number of hydrogen-bond acceptors (Lipinski definition) is 2. The zero-order valence-electron chi connectivity index (χ0n) is 8.45. The van der Waals surface area contributed by atoms with Crippen molar-refractivity contribution in [2.45, 2.75) is 0 Å². The number of hydrogen-bond donors (Lipinski definition) is 3. The van der Waals surface area contributed by atoms with Crippen LogP contribution in [0.15, 0.2) is 24.3 Å². The highest BCUT2D eigenvalue weighted by molar-refractivity contribution is 5.94. The van der Waals surface area contributed by atoms with Crippen LogP contribution in [0.1, 0.15) is 16.1 Å². The molecule has 2 rings (SSSR count). The summed E-state index contributed by atoms with van der Waals surface area (Å²) in [4.78, 5) is 13.6. The molecule has 0 atom stereocenters. The highest BCUT2D eigenvalue weighted by atomic mass is 16.4. The van der Waals surface area contributed by atoms with Crippen molar-refractivity contribution in [2.75, 3.05) is 6.54 Å². The highest BCUT2D eigenvalue weighted by Gasteiger charge is 2.06. The van der Waals surface area contributed by atoms with E-state index in [2.05, 4.69) is 16.8 Å². The third-order valence-electron chi connectivity index (χ3n) is 2.19. The molecule has 16 heavy (non-hydrogen) atoms. The second kappa shape index (κ2) is 4.09.